The number of rotatable bonds is 2. The first kappa shape index (κ1) is 14.4. The molecule has 100 valence electrons. The second kappa shape index (κ2) is 5.29. The number of amides is 1. The van der Waals surface area contributed by atoms with Crippen molar-refractivity contribution in [1.82, 2.24) is 5.32 Å². The molecule has 1 aromatic carbocycles. The lowest BCUT2D eigenvalue weighted by Crippen LogP contribution is -2.32. The monoisotopic (exact) mass is 250 g/mol. The van der Waals surface area contributed by atoms with Crippen molar-refractivity contribution in [2.75, 3.05) is 5.73 Å². The molecule has 0 heterocycles. The molecule has 0 radical (unpaired) electrons. The Morgan fingerprint density at radius 3 is 2.39 bits per heavy atom. The van der Waals surface area contributed by atoms with Gasteiger partial charge in [-0.2, -0.15) is 0 Å². The lowest BCUT2D eigenvalue weighted by Gasteiger charge is -2.20. The fraction of sp³-hybridized carbons (Fsp3) is 0.500. The molecule has 0 aliphatic rings. The number of nitrogens with two attached hydrogens (primary N) is 1. The van der Waals surface area contributed by atoms with E-state index in [-0.39, 0.29) is 0 Å². The zero-order valence-corrected chi connectivity index (χ0v) is 11.8. The van der Waals surface area contributed by atoms with Crippen LogP contribution in [0.4, 0.5) is 10.5 Å². The summed E-state index contributed by atoms with van der Waals surface area (Å²) in [5.41, 5.74) is 9.32. The molecule has 4 heteroatoms. The third-order valence-corrected chi connectivity index (χ3v) is 2.58. The van der Waals surface area contributed by atoms with Gasteiger partial charge in [0.2, 0.25) is 0 Å². The van der Waals surface area contributed by atoms with E-state index in [1.54, 1.807) is 0 Å². The Morgan fingerprint density at radius 2 is 1.83 bits per heavy atom. The maximum Gasteiger partial charge on any atom is 0.407 e. The van der Waals surface area contributed by atoms with Gasteiger partial charge in [0.25, 0.3) is 0 Å². The summed E-state index contributed by atoms with van der Waals surface area (Å²) in [5, 5.41) is 2.70. The van der Waals surface area contributed by atoms with Crippen molar-refractivity contribution in [3.8, 4) is 0 Å². The zero-order chi connectivity index (χ0) is 13.9. The average molecular weight is 250 g/mol. The third kappa shape index (κ3) is 4.28. The maximum absolute atomic E-state index is 11.5. The second-order valence-electron chi connectivity index (χ2n) is 5.49. The minimum atomic E-state index is -0.487. The van der Waals surface area contributed by atoms with Gasteiger partial charge in [0.15, 0.2) is 0 Å². The summed E-state index contributed by atoms with van der Waals surface area (Å²) >= 11 is 0. The number of ether oxygens (including phenoxy) is 1. The van der Waals surface area contributed by atoms with E-state index in [4.69, 9.17) is 10.5 Å². The van der Waals surface area contributed by atoms with E-state index in [0.717, 1.165) is 16.7 Å². The summed E-state index contributed by atoms with van der Waals surface area (Å²) in [6, 6.07) is 3.91. The minimum Gasteiger partial charge on any atom is -0.444 e. The molecule has 0 aliphatic heterocycles. The van der Waals surface area contributed by atoms with Crippen molar-refractivity contribution in [1.29, 1.82) is 0 Å². The van der Waals surface area contributed by atoms with Crippen LogP contribution in [0.2, 0.25) is 0 Å². The van der Waals surface area contributed by atoms with E-state index in [1.807, 2.05) is 46.8 Å². The van der Waals surface area contributed by atoms with Crippen LogP contribution in [-0.2, 0) is 11.3 Å². The molecular weight excluding hydrogens is 228 g/mol. The molecule has 0 aliphatic carbocycles. The molecule has 0 spiro atoms. The highest BCUT2D eigenvalue weighted by Gasteiger charge is 2.16. The van der Waals surface area contributed by atoms with Gasteiger partial charge < -0.3 is 15.8 Å². The van der Waals surface area contributed by atoms with Crippen molar-refractivity contribution >= 4 is 11.8 Å². The Balaban J connectivity index is 2.64. The van der Waals surface area contributed by atoms with Crippen LogP contribution in [0.15, 0.2) is 12.1 Å². The first-order valence-electron chi connectivity index (χ1n) is 6.01. The molecular formula is C14H22N2O2. The molecule has 0 atom stereocenters. The van der Waals surface area contributed by atoms with Crippen LogP contribution in [-0.4, -0.2) is 11.7 Å². The molecule has 18 heavy (non-hydrogen) atoms. The molecule has 0 fully saturated rings. The Hall–Kier alpha value is -1.71. The molecule has 0 bridgehead atoms. The summed E-state index contributed by atoms with van der Waals surface area (Å²) in [6.07, 6.45) is -0.430. The number of anilines is 1. The summed E-state index contributed by atoms with van der Waals surface area (Å²) in [4.78, 5) is 11.5. The van der Waals surface area contributed by atoms with Gasteiger partial charge in [-0.25, -0.2) is 4.79 Å². The normalized spacial score (nSPS) is 11.2. The predicted molar refractivity (Wildman–Crippen MR) is 73.4 cm³/mol. The van der Waals surface area contributed by atoms with Crippen LogP contribution in [0.1, 0.15) is 37.5 Å². The number of aryl methyl sites for hydroxylation is 2. The fourth-order valence-electron chi connectivity index (χ4n) is 1.53. The lowest BCUT2D eigenvalue weighted by atomic mass is 10.0. The topological polar surface area (TPSA) is 64.3 Å². The average Bonchev–Trinajstić information content (AvgIpc) is 2.19. The highest BCUT2D eigenvalue weighted by atomic mass is 16.6. The number of hydrogen-bond acceptors (Lipinski definition) is 3. The van der Waals surface area contributed by atoms with E-state index >= 15 is 0 Å². The second-order valence-corrected chi connectivity index (χ2v) is 5.49. The summed E-state index contributed by atoms with van der Waals surface area (Å²) in [6.45, 7) is 9.90. The van der Waals surface area contributed by atoms with Crippen LogP contribution in [0, 0.1) is 13.8 Å². The number of carbonyl (C=O) groups is 1. The largest absolute Gasteiger partial charge is 0.444 e. The Bertz CT molecular complexity index is 448. The summed E-state index contributed by atoms with van der Waals surface area (Å²) in [5.74, 6) is 0. The number of alkyl carbamates (subject to hydrolysis) is 1. The van der Waals surface area contributed by atoms with Crippen molar-refractivity contribution < 1.29 is 9.53 Å². The molecule has 1 aromatic rings. The van der Waals surface area contributed by atoms with E-state index in [9.17, 15) is 4.79 Å². The molecule has 0 aromatic heterocycles. The molecule has 0 unspecified atom stereocenters. The van der Waals surface area contributed by atoms with E-state index in [0.29, 0.717) is 12.2 Å². The Labute approximate surface area is 109 Å². The van der Waals surface area contributed by atoms with Gasteiger partial charge in [0.1, 0.15) is 5.60 Å². The summed E-state index contributed by atoms with van der Waals surface area (Å²) < 4.78 is 5.16. The molecule has 1 amide bonds. The van der Waals surface area contributed by atoms with Crippen LogP contribution in [0.3, 0.4) is 0 Å². The van der Waals surface area contributed by atoms with Gasteiger partial charge in [0.05, 0.1) is 0 Å². The Kier molecular flexibility index (Phi) is 4.22. The zero-order valence-electron chi connectivity index (χ0n) is 11.8. The van der Waals surface area contributed by atoms with Crippen molar-refractivity contribution in [2.45, 2.75) is 46.8 Å². The third-order valence-electron chi connectivity index (χ3n) is 2.58. The van der Waals surface area contributed by atoms with Gasteiger partial charge in [-0.05, 0) is 57.4 Å². The van der Waals surface area contributed by atoms with Crippen LogP contribution < -0.4 is 11.1 Å². The lowest BCUT2D eigenvalue weighted by molar-refractivity contribution is 0.0523. The number of hydrogen-bond donors (Lipinski definition) is 2. The molecule has 1 rings (SSSR count). The number of benzene rings is 1. The van der Waals surface area contributed by atoms with Gasteiger partial charge in [-0.3, -0.25) is 0 Å². The van der Waals surface area contributed by atoms with E-state index in [1.165, 1.54) is 0 Å². The predicted octanol–water partition coefficient (Wildman–Crippen LogP) is 2.91. The smallest absolute Gasteiger partial charge is 0.407 e. The molecule has 3 N–H and O–H groups in total. The van der Waals surface area contributed by atoms with Crippen LogP contribution in [0.5, 0.6) is 0 Å². The van der Waals surface area contributed by atoms with Gasteiger partial charge >= 0.3 is 6.09 Å². The summed E-state index contributed by atoms with van der Waals surface area (Å²) in [7, 11) is 0. The van der Waals surface area contributed by atoms with E-state index in [2.05, 4.69) is 5.32 Å². The maximum atomic E-state index is 11.5. The van der Waals surface area contributed by atoms with E-state index < -0.39 is 11.7 Å². The molecule has 4 nitrogen and oxygen atoms in total. The quantitative estimate of drug-likeness (QED) is 0.793. The Morgan fingerprint density at radius 1 is 1.28 bits per heavy atom. The first-order valence-corrected chi connectivity index (χ1v) is 6.01. The van der Waals surface area contributed by atoms with Crippen molar-refractivity contribution in [2.24, 2.45) is 0 Å². The number of carbonyl (C=O) groups excluding carboxylic acids is 1. The number of nitrogens with one attached hydrogen (secondary N) is 1. The minimum absolute atomic E-state index is 0.377. The van der Waals surface area contributed by atoms with Crippen molar-refractivity contribution in [3.63, 3.8) is 0 Å². The molecule has 0 saturated heterocycles. The standard InChI is InChI=1S/C14H22N2O2/c1-9-6-11(12(15)7-10(9)2)8-16-13(17)18-14(3,4)5/h6-7H,8,15H2,1-5H3,(H,16,17). The highest BCUT2D eigenvalue weighted by Crippen LogP contribution is 2.18. The fourth-order valence-corrected chi connectivity index (χ4v) is 1.53. The first-order chi connectivity index (χ1) is 8.19. The highest BCUT2D eigenvalue weighted by molar-refractivity contribution is 5.68. The van der Waals surface area contributed by atoms with Gasteiger partial charge in [0, 0.05) is 12.2 Å². The van der Waals surface area contributed by atoms with Gasteiger partial charge in [-0.15, -0.1) is 0 Å². The SMILES string of the molecule is Cc1cc(N)c(CNC(=O)OC(C)(C)C)cc1C. The van der Waals surface area contributed by atoms with Crippen molar-refractivity contribution in [3.05, 3.63) is 28.8 Å². The molecule has 0 saturated carbocycles. The van der Waals surface area contributed by atoms with Gasteiger partial charge in [-0.1, -0.05) is 6.07 Å². The van der Waals surface area contributed by atoms with Crippen LogP contribution in [0.25, 0.3) is 0 Å². The van der Waals surface area contributed by atoms with Crippen LogP contribution >= 0.6 is 0 Å². The number of nitrogen functional groups attached to an aromatic ring is 1.